The summed E-state index contributed by atoms with van der Waals surface area (Å²) < 4.78 is 16.5. The first-order valence-electron chi connectivity index (χ1n) is 13.6. The van der Waals surface area contributed by atoms with Crippen LogP contribution in [-0.2, 0) is 9.59 Å². The summed E-state index contributed by atoms with van der Waals surface area (Å²) in [7, 11) is 1.53. The van der Waals surface area contributed by atoms with E-state index in [0.29, 0.717) is 21.8 Å². The number of benzene rings is 1. The number of amides is 2. The second-order valence-electron chi connectivity index (χ2n) is 11.0. The third-order valence-electron chi connectivity index (χ3n) is 8.04. The summed E-state index contributed by atoms with van der Waals surface area (Å²) in [6.07, 6.45) is 1.22. The summed E-state index contributed by atoms with van der Waals surface area (Å²) >= 11 is 8.01. The molecular formula is C30H28ClFN6O4S. The molecule has 1 N–H and O–H groups in total. The number of piperazine rings is 1. The van der Waals surface area contributed by atoms with Crippen molar-refractivity contribution in [2.24, 2.45) is 0 Å². The third-order valence-corrected chi connectivity index (χ3v) is 9.16. The summed E-state index contributed by atoms with van der Waals surface area (Å²) in [6, 6.07) is 4.38. The van der Waals surface area contributed by atoms with Crippen LogP contribution in [0.3, 0.4) is 0 Å². The highest BCUT2D eigenvalue weighted by atomic mass is 35.5. The average Bonchev–Trinajstić information content (AvgIpc) is 3.45. The Morgan fingerprint density at radius 3 is 2.67 bits per heavy atom. The van der Waals surface area contributed by atoms with E-state index in [4.69, 9.17) is 16.6 Å². The van der Waals surface area contributed by atoms with Crippen molar-refractivity contribution in [2.75, 3.05) is 29.9 Å². The summed E-state index contributed by atoms with van der Waals surface area (Å²) in [4.78, 5) is 54.9. The number of pyridine rings is 2. The van der Waals surface area contributed by atoms with E-state index in [1.165, 1.54) is 52.1 Å². The Balaban J connectivity index is 1.72. The molecular weight excluding hydrogens is 595 g/mol. The van der Waals surface area contributed by atoms with Crippen LogP contribution in [0.15, 0.2) is 47.2 Å². The number of nitrogens with zero attached hydrogens (tertiary/aromatic N) is 6. The number of anilines is 2. The van der Waals surface area contributed by atoms with Crippen LogP contribution in [0.25, 0.3) is 27.3 Å². The number of hydrogen-bond donors (Lipinski definition) is 1. The number of rotatable bonds is 4. The fourth-order valence-electron chi connectivity index (χ4n) is 5.96. The van der Waals surface area contributed by atoms with E-state index >= 15 is 4.39 Å². The Morgan fingerprint density at radius 2 is 2.00 bits per heavy atom. The van der Waals surface area contributed by atoms with Gasteiger partial charge >= 0.3 is 0 Å². The fraction of sp³-hybridized carbons (Fsp3) is 0.300. The molecule has 2 aliphatic heterocycles. The van der Waals surface area contributed by atoms with Crippen LogP contribution in [0.2, 0.25) is 5.02 Å². The number of halogens is 2. The van der Waals surface area contributed by atoms with Crippen molar-refractivity contribution in [3.05, 3.63) is 69.3 Å². The molecule has 222 valence electrons. The Labute approximate surface area is 255 Å². The van der Waals surface area contributed by atoms with Crippen LogP contribution >= 0.6 is 22.9 Å². The van der Waals surface area contributed by atoms with Gasteiger partial charge in [0.15, 0.2) is 5.65 Å². The molecule has 1 fully saturated rings. The number of carbonyl (C=O) groups excluding carboxylic acids is 2. The molecule has 2 aliphatic rings. The second kappa shape index (κ2) is 10.5. The van der Waals surface area contributed by atoms with Gasteiger partial charge in [0, 0.05) is 25.0 Å². The van der Waals surface area contributed by atoms with Crippen molar-refractivity contribution in [3.8, 4) is 22.0 Å². The molecule has 5 heterocycles. The zero-order valence-electron chi connectivity index (χ0n) is 23.8. The molecule has 2 amide bonds. The molecule has 1 saturated heterocycles. The van der Waals surface area contributed by atoms with Gasteiger partial charge in [0.1, 0.15) is 28.3 Å². The highest BCUT2D eigenvalue weighted by Gasteiger charge is 2.46. The van der Waals surface area contributed by atoms with Gasteiger partial charge in [-0.15, -0.1) is 11.3 Å². The second-order valence-corrected chi connectivity index (χ2v) is 12.2. The molecule has 0 aliphatic carbocycles. The maximum Gasteiger partial charge on any atom is 0.283 e. The van der Waals surface area contributed by atoms with E-state index in [-0.39, 0.29) is 70.2 Å². The molecule has 43 heavy (non-hydrogen) atoms. The molecule has 2 atom stereocenters. The lowest BCUT2D eigenvalue weighted by atomic mass is 9.98. The highest BCUT2D eigenvalue weighted by Crippen LogP contribution is 2.45. The minimum atomic E-state index is -0.778. The van der Waals surface area contributed by atoms with Crippen LogP contribution in [0.5, 0.6) is 5.75 Å². The number of likely N-dealkylation sites (N-methyl/N-ethyl adjacent to an activating group) is 1. The minimum Gasteiger partial charge on any atom is -0.507 e. The number of fused-ring (bicyclic) bond motifs is 5. The van der Waals surface area contributed by atoms with Crippen LogP contribution in [-0.4, -0.2) is 68.6 Å². The van der Waals surface area contributed by atoms with Gasteiger partial charge in [0.25, 0.3) is 11.5 Å². The van der Waals surface area contributed by atoms with E-state index in [9.17, 15) is 19.5 Å². The van der Waals surface area contributed by atoms with Gasteiger partial charge in [-0.2, -0.15) is 0 Å². The predicted octanol–water partition coefficient (Wildman–Crippen LogP) is 4.70. The number of phenols is 1. The lowest BCUT2D eigenvalue weighted by Gasteiger charge is -2.49. The lowest BCUT2D eigenvalue weighted by molar-refractivity contribution is -0.130. The van der Waals surface area contributed by atoms with Crippen LogP contribution < -0.4 is 15.4 Å². The zero-order chi connectivity index (χ0) is 30.9. The quantitative estimate of drug-likeness (QED) is 0.329. The van der Waals surface area contributed by atoms with Crippen molar-refractivity contribution in [1.82, 2.24) is 19.4 Å². The van der Waals surface area contributed by atoms with Gasteiger partial charge in [-0.05, 0) is 37.1 Å². The van der Waals surface area contributed by atoms with E-state index in [1.807, 2.05) is 25.7 Å². The number of aromatic nitrogens is 3. The topological polar surface area (TPSA) is 112 Å². The van der Waals surface area contributed by atoms with Gasteiger partial charge in [-0.1, -0.05) is 38.1 Å². The maximum atomic E-state index is 15.1. The average molecular weight is 623 g/mol. The molecule has 1 aromatic carbocycles. The maximum absolute atomic E-state index is 15.1. The third kappa shape index (κ3) is 4.30. The Hall–Kier alpha value is -4.29. The summed E-state index contributed by atoms with van der Waals surface area (Å²) in [5.41, 5.74) is 2.25. The van der Waals surface area contributed by atoms with Crippen molar-refractivity contribution in [2.45, 2.75) is 38.8 Å². The molecule has 13 heteroatoms. The SMILES string of the molecule is C=CC(=O)N1C[C@@H]2C(=O)N(C)c3c(c4cc(Cl)c(-c5c(O)cccc5F)nc4n(-c4scnc4C(C)C)c3=O)N2C[C@H]1C. The molecule has 0 radical (unpaired) electrons. The monoisotopic (exact) mass is 622 g/mol. The number of phenolic OH excluding ortho intramolecular Hbond substituents is 1. The smallest absolute Gasteiger partial charge is 0.283 e. The first-order chi connectivity index (χ1) is 20.5. The number of hydrogen-bond acceptors (Lipinski definition) is 8. The molecule has 0 spiro atoms. The van der Waals surface area contributed by atoms with Gasteiger partial charge in [-0.3, -0.25) is 14.4 Å². The van der Waals surface area contributed by atoms with Gasteiger partial charge in [-0.25, -0.2) is 18.9 Å². The van der Waals surface area contributed by atoms with Crippen LogP contribution in [0.4, 0.5) is 15.8 Å². The summed E-state index contributed by atoms with van der Waals surface area (Å²) in [5.74, 6) is -1.78. The molecule has 0 bridgehead atoms. The van der Waals surface area contributed by atoms with Crippen LogP contribution in [0.1, 0.15) is 32.4 Å². The highest BCUT2D eigenvalue weighted by molar-refractivity contribution is 7.12. The Morgan fingerprint density at radius 1 is 1.26 bits per heavy atom. The van der Waals surface area contributed by atoms with E-state index in [2.05, 4.69) is 11.6 Å². The van der Waals surface area contributed by atoms with Crippen molar-refractivity contribution >= 4 is 57.2 Å². The molecule has 3 aromatic heterocycles. The first-order valence-corrected chi connectivity index (χ1v) is 14.9. The predicted molar refractivity (Wildman–Crippen MR) is 165 cm³/mol. The fourth-order valence-corrected chi connectivity index (χ4v) is 7.16. The van der Waals surface area contributed by atoms with Crippen molar-refractivity contribution < 1.29 is 19.1 Å². The minimum absolute atomic E-state index is 0.0401. The van der Waals surface area contributed by atoms with E-state index in [1.54, 1.807) is 16.5 Å². The molecule has 0 saturated carbocycles. The lowest BCUT2D eigenvalue weighted by Crippen LogP contribution is -2.66. The van der Waals surface area contributed by atoms with Crippen molar-refractivity contribution in [1.29, 1.82) is 0 Å². The number of aromatic hydroxyl groups is 1. The largest absolute Gasteiger partial charge is 0.507 e. The first kappa shape index (κ1) is 28.8. The Kier molecular flexibility index (Phi) is 7.01. The molecule has 6 rings (SSSR count). The molecule has 10 nitrogen and oxygen atoms in total. The Bertz CT molecular complexity index is 1890. The standard InChI is InChI=1S/C30H28ClFN6O4S/c1-6-21(40)36-12-19-28(41)35(5)26-25(37(19)11-15(36)4)16-10-17(31)24(22-18(32)8-7-9-20(22)39)34-27(16)38(29(26)42)30-23(14(2)3)33-13-43-30/h6-10,13-15,19,39H,1,11-12H2,2-5H3/t15-,19-/m1/s1. The van der Waals surface area contributed by atoms with E-state index < -0.39 is 17.4 Å². The summed E-state index contributed by atoms with van der Waals surface area (Å²) in [5, 5.41) is 11.6. The van der Waals surface area contributed by atoms with Gasteiger partial charge in [0.2, 0.25) is 5.91 Å². The summed E-state index contributed by atoms with van der Waals surface area (Å²) in [6.45, 7) is 9.69. The van der Waals surface area contributed by atoms with E-state index in [0.717, 1.165) is 0 Å². The number of carbonyl (C=O) groups is 2. The molecule has 0 unspecified atom stereocenters. The number of thiazole rings is 1. The van der Waals surface area contributed by atoms with Crippen molar-refractivity contribution in [3.63, 3.8) is 0 Å². The molecule has 4 aromatic rings. The zero-order valence-corrected chi connectivity index (χ0v) is 25.4. The van der Waals surface area contributed by atoms with Gasteiger partial charge < -0.3 is 19.8 Å². The normalized spacial score (nSPS) is 18.3. The van der Waals surface area contributed by atoms with Gasteiger partial charge in [0.05, 0.1) is 39.7 Å². The van der Waals surface area contributed by atoms with Crippen LogP contribution in [0, 0.1) is 5.82 Å².